The molecule has 0 atom stereocenters. The van der Waals surface area contributed by atoms with Crippen LogP contribution < -0.4 is 4.72 Å². The Balaban J connectivity index is 1.83. The van der Waals surface area contributed by atoms with E-state index in [0.29, 0.717) is 5.56 Å². The Morgan fingerprint density at radius 3 is 2.56 bits per heavy atom. The standard InChI is InChI=1S/C19H16FNO5S/c20-16-7-5-13(19(23)24)11-18(16)27(25,26)21-10-9-15-14-4-2-1-3-12(14)6-8-17(15)22/h1-8,11,21-22H,9-10H2,(H,23,24). The molecular weight excluding hydrogens is 373 g/mol. The lowest BCUT2D eigenvalue weighted by Crippen LogP contribution is -2.27. The number of hydrogen-bond acceptors (Lipinski definition) is 4. The number of aromatic carboxylic acids is 1. The lowest BCUT2D eigenvalue weighted by atomic mass is 10.0. The second-order valence-electron chi connectivity index (χ2n) is 5.88. The first-order valence-electron chi connectivity index (χ1n) is 8.02. The number of fused-ring (bicyclic) bond motifs is 1. The Bertz CT molecular complexity index is 1130. The largest absolute Gasteiger partial charge is 0.508 e. The first kappa shape index (κ1) is 18.8. The van der Waals surface area contributed by atoms with E-state index in [2.05, 4.69) is 4.72 Å². The van der Waals surface area contributed by atoms with Gasteiger partial charge in [0.1, 0.15) is 16.5 Å². The summed E-state index contributed by atoms with van der Waals surface area (Å²) < 4.78 is 40.9. The highest BCUT2D eigenvalue weighted by molar-refractivity contribution is 7.89. The van der Waals surface area contributed by atoms with Gasteiger partial charge in [-0.05, 0) is 41.5 Å². The molecule has 0 aliphatic heterocycles. The SMILES string of the molecule is O=C(O)c1ccc(F)c(S(=O)(=O)NCCc2c(O)ccc3ccccc23)c1. The van der Waals surface area contributed by atoms with Crippen molar-refractivity contribution in [2.75, 3.05) is 6.54 Å². The first-order chi connectivity index (χ1) is 12.8. The van der Waals surface area contributed by atoms with Crippen LogP contribution in [0.5, 0.6) is 5.75 Å². The fourth-order valence-electron chi connectivity index (χ4n) is 2.82. The number of phenols is 1. The summed E-state index contributed by atoms with van der Waals surface area (Å²) in [5.41, 5.74) is 0.235. The summed E-state index contributed by atoms with van der Waals surface area (Å²) in [6.45, 7) is -0.0966. The van der Waals surface area contributed by atoms with Crippen LogP contribution in [0.2, 0.25) is 0 Å². The van der Waals surface area contributed by atoms with Gasteiger partial charge < -0.3 is 10.2 Å². The van der Waals surface area contributed by atoms with Crippen LogP contribution in [0.25, 0.3) is 10.8 Å². The van der Waals surface area contributed by atoms with Gasteiger partial charge in [-0.1, -0.05) is 30.3 Å². The van der Waals surface area contributed by atoms with Crippen LogP contribution in [0.4, 0.5) is 4.39 Å². The van der Waals surface area contributed by atoms with Crippen LogP contribution in [-0.2, 0) is 16.4 Å². The second kappa shape index (κ2) is 7.34. The molecule has 3 aromatic carbocycles. The minimum atomic E-state index is -4.25. The number of carboxylic acid groups (broad SMARTS) is 1. The van der Waals surface area contributed by atoms with Gasteiger partial charge in [-0.2, -0.15) is 0 Å². The number of aromatic hydroxyl groups is 1. The van der Waals surface area contributed by atoms with Crippen molar-refractivity contribution in [3.63, 3.8) is 0 Å². The van der Waals surface area contributed by atoms with E-state index in [1.807, 2.05) is 24.3 Å². The molecule has 0 aromatic heterocycles. The van der Waals surface area contributed by atoms with E-state index in [1.54, 1.807) is 6.07 Å². The van der Waals surface area contributed by atoms with Crippen molar-refractivity contribution in [2.45, 2.75) is 11.3 Å². The Morgan fingerprint density at radius 2 is 1.81 bits per heavy atom. The Kier molecular flexibility index (Phi) is 5.11. The zero-order valence-corrected chi connectivity index (χ0v) is 14.8. The van der Waals surface area contributed by atoms with Gasteiger partial charge in [-0.3, -0.25) is 0 Å². The summed E-state index contributed by atoms with van der Waals surface area (Å²) in [6.07, 6.45) is 0.173. The highest BCUT2D eigenvalue weighted by atomic mass is 32.2. The van der Waals surface area contributed by atoms with Crippen LogP contribution in [-0.4, -0.2) is 31.1 Å². The molecule has 140 valence electrons. The van der Waals surface area contributed by atoms with E-state index in [9.17, 15) is 22.7 Å². The minimum absolute atomic E-state index is 0.0342. The van der Waals surface area contributed by atoms with Gasteiger partial charge in [0.15, 0.2) is 0 Å². The fraction of sp³-hybridized carbons (Fsp3) is 0.105. The molecule has 0 radical (unpaired) electrons. The number of phenolic OH excluding ortho intramolecular Hbond substituents is 1. The molecule has 0 unspecified atom stereocenters. The molecule has 0 fully saturated rings. The summed E-state index contributed by atoms with van der Waals surface area (Å²) in [4.78, 5) is 10.3. The van der Waals surface area contributed by atoms with E-state index >= 15 is 0 Å². The number of halogens is 1. The third-order valence-corrected chi connectivity index (χ3v) is 5.63. The van der Waals surface area contributed by atoms with E-state index in [-0.39, 0.29) is 24.3 Å². The predicted molar refractivity (Wildman–Crippen MR) is 97.9 cm³/mol. The van der Waals surface area contributed by atoms with Crippen molar-refractivity contribution in [3.8, 4) is 5.75 Å². The molecule has 3 aromatic rings. The molecule has 6 nitrogen and oxygen atoms in total. The smallest absolute Gasteiger partial charge is 0.335 e. The molecular formula is C19H16FNO5S. The molecule has 0 aliphatic rings. The number of carbonyl (C=O) groups is 1. The number of rotatable bonds is 6. The average molecular weight is 389 g/mol. The first-order valence-corrected chi connectivity index (χ1v) is 9.50. The van der Waals surface area contributed by atoms with E-state index in [1.165, 1.54) is 6.07 Å². The highest BCUT2D eigenvalue weighted by Crippen LogP contribution is 2.27. The van der Waals surface area contributed by atoms with Crippen molar-refractivity contribution in [1.82, 2.24) is 4.72 Å². The van der Waals surface area contributed by atoms with E-state index < -0.39 is 26.7 Å². The lowest BCUT2D eigenvalue weighted by Gasteiger charge is -2.11. The molecule has 0 heterocycles. The predicted octanol–water partition coefficient (Wildman–Crippen LogP) is 2.90. The van der Waals surface area contributed by atoms with Crippen LogP contribution in [0.3, 0.4) is 0 Å². The van der Waals surface area contributed by atoms with Gasteiger partial charge in [0.05, 0.1) is 5.56 Å². The molecule has 3 rings (SSSR count). The Hall–Kier alpha value is -2.97. The monoisotopic (exact) mass is 389 g/mol. The Labute approximate surface area is 154 Å². The van der Waals surface area contributed by atoms with Crippen molar-refractivity contribution < 1.29 is 27.8 Å². The molecule has 0 spiro atoms. The van der Waals surface area contributed by atoms with Crippen LogP contribution in [0, 0.1) is 5.82 Å². The quantitative estimate of drug-likeness (QED) is 0.601. The van der Waals surface area contributed by atoms with Crippen molar-refractivity contribution in [1.29, 1.82) is 0 Å². The van der Waals surface area contributed by atoms with Crippen LogP contribution in [0.15, 0.2) is 59.5 Å². The number of hydrogen-bond donors (Lipinski definition) is 3. The molecule has 0 aliphatic carbocycles. The minimum Gasteiger partial charge on any atom is -0.508 e. The number of sulfonamides is 1. The number of nitrogens with one attached hydrogen (secondary N) is 1. The summed E-state index contributed by atoms with van der Waals surface area (Å²) in [6, 6.07) is 13.2. The van der Waals surface area contributed by atoms with Crippen molar-refractivity contribution in [3.05, 3.63) is 71.5 Å². The number of benzene rings is 3. The van der Waals surface area contributed by atoms with Crippen molar-refractivity contribution in [2.24, 2.45) is 0 Å². The topological polar surface area (TPSA) is 104 Å². The lowest BCUT2D eigenvalue weighted by molar-refractivity contribution is 0.0696. The zero-order chi connectivity index (χ0) is 19.6. The van der Waals surface area contributed by atoms with Gasteiger partial charge in [-0.25, -0.2) is 22.3 Å². The maximum Gasteiger partial charge on any atom is 0.335 e. The van der Waals surface area contributed by atoms with Gasteiger partial charge in [0.2, 0.25) is 10.0 Å². The maximum atomic E-state index is 13.9. The van der Waals surface area contributed by atoms with Crippen LogP contribution in [0.1, 0.15) is 15.9 Å². The molecule has 27 heavy (non-hydrogen) atoms. The second-order valence-corrected chi connectivity index (χ2v) is 7.62. The number of carboxylic acids is 1. The molecule has 3 N–H and O–H groups in total. The van der Waals surface area contributed by atoms with Crippen molar-refractivity contribution >= 4 is 26.8 Å². The van der Waals surface area contributed by atoms with Crippen LogP contribution >= 0.6 is 0 Å². The molecule has 8 heteroatoms. The van der Waals surface area contributed by atoms with Gasteiger partial charge >= 0.3 is 5.97 Å². The average Bonchev–Trinajstić information content (AvgIpc) is 2.63. The molecule has 0 saturated heterocycles. The van der Waals surface area contributed by atoms with E-state index in [4.69, 9.17) is 5.11 Å². The zero-order valence-electron chi connectivity index (χ0n) is 14.0. The maximum absolute atomic E-state index is 13.9. The summed E-state index contributed by atoms with van der Waals surface area (Å²) in [5.74, 6) is -2.36. The Morgan fingerprint density at radius 1 is 1.07 bits per heavy atom. The molecule has 0 amide bonds. The van der Waals surface area contributed by atoms with E-state index in [0.717, 1.165) is 29.0 Å². The fourth-order valence-corrected chi connectivity index (χ4v) is 3.95. The third-order valence-electron chi connectivity index (χ3n) is 4.15. The van der Waals surface area contributed by atoms with Gasteiger partial charge in [0.25, 0.3) is 0 Å². The molecule has 0 bridgehead atoms. The summed E-state index contributed by atoms with van der Waals surface area (Å²) >= 11 is 0. The van der Waals surface area contributed by atoms with Gasteiger partial charge in [-0.15, -0.1) is 0 Å². The van der Waals surface area contributed by atoms with Gasteiger partial charge in [0, 0.05) is 12.1 Å². The summed E-state index contributed by atoms with van der Waals surface area (Å²) in [5, 5.41) is 20.7. The molecule has 0 saturated carbocycles. The normalized spacial score (nSPS) is 11.6. The third kappa shape index (κ3) is 3.91. The summed E-state index contributed by atoms with van der Waals surface area (Å²) in [7, 11) is -4.25. The highest BCUT2D eigenvalue weighted by Gasteiger charge is 2.21.